The average molecular weight is 282 g/mol. The molecule has 21 heavy (non-hydrogen) atoms. The first-order valence-corrected chi connectivity index (χ1v) is 6.81. The fourth-order valence-electron chi connectivity index (χ4n) is 2.46. The van der Waals surface area contributed by atoms with Gasteiger partial charge in [-0.25, -0.2) is 0 Å². The summed E-state index contributed by atoms with van der Waals surface area (Å²) in [5.41, 5.74) is 1.20. The van der Waals surface area contributed by atoms with Crippen molar-refractivity contribution in [3.63, 3.8) is 0 Å². The van der Waals surface area contributed by atoms with Gasteiger partial charge in [0.25, 0.3) is 11.5 Å². The third-order valence-electron chi connectivity index (χ3n) is 3.53. The number of carbonyl (C=O) groups excluding carboxylic acids is 2. The lowest BCUT2D eigenvalue weighted by molar-refractivity contribution is 0.0971. The lowest BCUT2D eigenvalue weighted by Gasteiger charge is -2.15. The number of aryl methyl sites for hydroxylation is 1. The fourth-order valence-corrected chi connectivity index (χ4v) is 2.46. The summed E-state index contributed by atoms with van der Waals surface area (Å²) in [6, 6.07) is 10.3. The Labute approximate surface area is 121 Å². The molecular weight excluding hydrogens is 268 g/mol. The number of aromatic nitrogens is 1. The van der Waals surface area contributed by atoms with Crippen LogP contribution in [0.1, 0.15) is 39.3 Å². The Bertz CT molecular complexity index is 763. The Morgan fingerprint density at radius 1 is 1.10 bits per heavy atom. The number of ketones is 1. The number of H-pyrrole nitrogens is 1. The molecule has 5 nitrogen and oxygen atoms in total. The third-order valence-corrected chi connectivity index (χ3v) is 3.53. The maximum atomic E-state index is 12.2. The van der Waals surface area contributed by atoms with Gasteiger partial charge in [-0.1, -0.05) is 18.2 Å². The molecule has 0 radical (unpaired) electrons. The van der Waals surface area contributed by atoms with E-state index in [9.17, 15) is 14.4 Å². The molecule has 1 heterocycles. The summed E-state index contributed by atoms with van der Waals surface area (Å²) < 4.78 is 0. The van der Waals surface area contributed by atoms with Crippen LogP contribution in [0.25, 0.3) is 0 Å². The van der Waals surface area contributed by atoms with Crippen LogP contribution in [0.2, 0.25) is 0 Å². The molecule has 1 aromatic carbocycles. The Hall–Kier alpha value is -2.69. The Kier molecular flexibility index (Phi) is 3.39. The van der Waals surface area contributed by atoms with Gasteiger partial charge in [0, 0.05) is 23.4 Å². The van der Waals surface area contributed by atoms with Crippen LogP contribution in [-0.2, 0) is 6.42 Å². The number of carbonyl (C=O) groups is 2. The van der Waals surface area contributed by atoms with E-state index in [4.69, 9.17) is 0 Å². The standard InChI is InChI=1S/C16H14N2O3/c19-14-8-4-7-13-11(14)9-12(16(21)18-13)15(20)17-10-5-2-1-3-6-10/h1-3,5-6,9H,4,7-8H2,(H,17,20)(H,18,21). The fraction of sp³-hybridized carbons (Fsp3) is 0.188. The van der Waals surface area contributed by atoms with E-state index in [0.717, 1.165) is 6.42 Å². The molecule has 1 aromatic heterocycles. The molecule has 1 amide bonds. The second-order valence-electron chi connectivity index (χ2n) is 5.00. The van der Waals surface area contributed by atoms with Crippen molar-refractivity contribution in [1.82, 2.24) is 4.98 Å². The van der Waals surface area contributed by atoms with E-state index in [1.807, 2.05) is 6.07 Å². The molecule has 0 atom stereocenters. The number of anilines is 1. The lowest BCUT2D eigenvalue weighted by Crippen LogP contribution is -2.27. The highest BCUT2D eigenvalue weighted by Gasteiger charge is 2.22. The highest BCUT2D eigenvalue weighted by Crippen LogP contribution is 2.19. The van der Waals surface area contributed by atoms with Gasteiger partial charge in [0.1, 0.15) is 5.56 Å². The van der Waals surface area contributed by atoms with E-state index in [1.54, 1.807) is 24.3 Å². The molecule has 2 aromatic rings. The third kappa shape index (κ3) is 2.63. The van der Waals surface area contributed by atoms with Gasteiger partial charge >= 0.3 is 0 Å². The molecule has 106 valence electrons. The molecule has 0 aliphatic heterocycles. The highest BCUT2D eigenvalue weighted by molar-refractivity contribution is 6.06. The minimum Gasteiger partial charge on any atom is -0.325 e. The van der Waals surface area contributed by atoms with Crippen molar-refractivity contribution >= 4 is 17.4 Å². The number of Topliss-reactive ketones (excluding diaryl/α,β-unsaturated/α-hetero) is 1. The maximum absolute atomic E-state index is 12.2. The van der Waals surface area contributed by atoms with Crippen LogP contribution in [0.5, 0.6) is 0 Å². The van der Waals surface area contributed by atoms with Crippen LogP contribution < -0.4 is 10.9 Å². The van der Waals surface area contributed by atoms with E-state index in [0.29, 0.717) is 29.8 Å². The van der Waals surface area contributed by atoms with Crippen LogP contribution in [0.3, 0.4) is 0 Å². The number of nitrogens with one attached hydrogen (secondary N) is 2. The molecule has 3 rings (SSSR count). The highest BCUT2D eigenvalue weighted by atomic mass is 16.2. The van der Waals surface area contributed by atoms with Gasteiger partial charge in [0.2, 0.25) is 0 Å². The van der Waals surface area contributed by atoms with E-state index >= 15 is 0 Å². The van der Waals surface area contributed by atoms with Gasteiger partial charge in [-0.2, -0.15) is 0 Å². The van der Waals surface area contributed by atoms with Gasteiger partial charge in [0.05, 0.1) is 0 Å². The van der Waals surface area contributed by atoms with E-state index < -0.39 is 11.5 Å². The number of hydrogen-bond donors (Lipinski definition) is 2. The second kappa shape index (κ2) is 5.36. The molecule has 0 saturated carbocycles. The van der Waals surface area contributed by atoms with Gasteiger partial charge in [-0.05, 0) is 31.0 Å². The van der Waals surface area contributed by atoms with E-state index in [2.05, 4.69) is 10.3 Å². The molecule has 0 fully saturated rings. The maximum Gasteiger partial charge on any atom is 0.261 e. The number of aromatic amines is 1. The molecule has 2 N–H and O–H groups in total. The summed E-state index contributed by atoms with van der Waals surface area (Å²) in [7, 11) is 0. The summed E-state index contributed by atoms with van der Waals surface area (Å²) in [5, 5.41) is 2.65. The van der Waals surface area contributed by atoms with Crippen molar-refractivity contribution in [3.8, 4) is 0 Å². The van der Waals surface area contributed by atoms with Gasteiger partial charge in [0.15, 0.2) is 5.78 Å². The minimum absolute atomic E-state index is 0.0266. The van der Waals surface area contributed by atoms with Crippen molar-refractivity contribution < 1.29 is 9.59 Å². The number of amides is 1. The molecule has 1 aliphatic carbocycles. The minimum atomic E-state index is -0.511. The van der Waals surface area contributed by atoms with Crippen LogP contribution in [0, 0.1) is 0 Å². The summed E-state index contributed by atoms with van der Waals surface area (Å²) in [4.78, 5) is 38.7. The second-order valence-corrected chi connectivity index (χ2v) is 5.00. The van der Waals surface area contributed by atoms with Crippen LogP contribution in [0.15, 0.2) is 41.2 Å². The molecule has 0 unspecified atom stereocenters. The van der Waals surface area contributed by atoms with Crippen molar-refractivity contribution in [2.24, 2.45) is 0 Å². The van der Waals surface area contributed by atoms with Crippen molar-refractivity contribution in [3.05, 3.63) is 63.6 Å². The number of benzene rings is 1. The van der Waals surface area contributed by atoms with Gasteiger partial charge in [-0.15, -0.1) is 0 Å². The number of hydrogen-bond acceptors (Lipinski definition) is 3. The number of rotatable bonds is 2. The molecule has 5 heteroatoms. The number of para-hydroxylation sites is 1. The summed E-state index contributed by atoms with van der Waals surface area (Å²) in [5.74, 6) is -0.537. The van der Waals surface area contributed by atoms with Crippen molar-refractivity contribution in [1.29, 1.82) is 0 Å². The molecule has 1 aliphatic rings. The first-order valence-electron chi connectivity index (χ1n) is 6.81. The zero-order valence-electron chi connectivity index (χ0n) is 11.3. The van der Waals surface area contributed by atoms with Gasteiger partial charge < -0.3 is 10.3 Å². The van der Waals surface area contributed by atoms with Crippen molar-refractivity contribution in [2.45, 2.75) is 19.3 Å². The Morgan fingerprint density at radius 3 is 2.62 bits per heavy atom. The molecule has 0 saturated heterocycles. The number of fused-ring (bicyclic) bond motifs is 1. The lowest BCUT2D eigenvalue weighted by atomic mass is 9.93. The van der Waals surface area contributed by atoms with E-state index in [1.165, 1.54) is 6.07 Å². The quantitative estimate of drug-likeness (QED) is 0.885. The predicted octanol–water partition coefficient (Wildman–Crippen LogP) is 2.15. The van der Waals surface area contributed by atoms with Crippen LogP contribution >= 0.6 is 0 Å². The molecule has 0 bridgehead atoms. The largest absolute Gasteiger partial charge is 0.325 e. The normalized spacial score (nSPS) is 13.6. The summed E-state index contributed by atoms with van der Waals surface area (Å²) in [6.07, 6.45) is 1.85. The van der Waals surface area contributed by atoms with Crippen LogP contribution in [0.4, 0.5) is 5.69 Å². The SMILES string of the molecule is O=C1CCCc2[nH]c(=O)c(C(=O)Nc3ccccc3)cc21. The van der Waals surface area contributed by atoms with Crippen LogP contribution in [-0.4, -0.2) is 16.7 Å². The molecule has 0 spiro atoms. The summed E-state index contributed by atoms with van der Waals surface area (Å²) >= 11 is 0. The Balaban J connectivity index is 1.95. The summed E-state index contributed by atoms with van der Waals surface area (Å²) in [6.45, 7) is 0. The molecular formula is C16H14N2O3. The first kappa shape index (κ1) is 13.3. The average Bonchev–Trinajstić information content (AvgIpc) is 2.48. The predicted molar refractivity (Wildman–Crippen MR) is 78.7 cm³/mol. The Morgan fingerprint density at radius 2 is 1.86 bits per heavy atom. The zero-order chi connectivity index (χ0) is 14.8. The zero-order valence-corrected chi connectivity index (χ0v) is 11.3. The monoisotopic (exact) mass is 282 g/mol. The van der Waals surface area contributed by atoms with E-state index in [-0.39, 0.29) is 11.3 Å². The topological polar surface area (TPSA) is 79.0 Å². The van der Waals surface area contributed by atoms with Crippen molar-refractivity contribution in [2.75, 3.05) is 5.32 Å². The number of pyridine rings is 1. The van der Waals surface area contributed by atoms with Gasteiger partial charge in [-0.3, -0.25) is 14.4 Å². The first-order chi connectivity index (χ1) is 10.1. The smallest absolute Gasteiger partial charge is 0.261 e.